The van der Waals surface area contributed by atoms with E-state index in [0.717, 1.165) is 33.5 Å². The van der Waals surface area contributed by atoms with E-state index in [0.29, 0.717) is 0 Å². The summed E-state index contributed by atoms with van der Waals surface area (Å²) in [6, 6.07) is 15.9. The molecule has 1 heterocycles. The first kappa shape index (κ1) is 12.5. The second-order valence-corrected chi connectivity index (χ2v) is 4.45. The number of pyridine rings is 1. The maximum absolute atomic E-state index is 5.46. The molecule has 0 amide bonds. The number of aromatic nitrogens is 1. The maximum Gasteiger partial charge on any atom is 0.130 e. The molecule has 0 N–H and O–H groups in total. The molecule has 0 atom stereocenters. The molecule has 0 fully saturated rings. The van der Waals surface area contributed by atoms with Crippen molar-refractivity contribution in [3.8, 4) is 22.6 Å². The van der Waals surface area contributed by atoms with E-state index in [4.69, 9.17) is 9.47 Å². The van der Waals surface area contributed by atoms with Crippen molar-refractivity contribution in [2.75, 3.05) is 14.2 Å². The lowest BCUT2D eigenvalue weighted by atomic mass is 10.0. The zero-order chi connectivity index (χ0) is 13.9. The first-order chi connectivity index (χ1) is 9.83. The van der Waals surface area contributed by atoms with E-state index in [9.17, 15) is 0 Å². The molecule has 0 aliphatic rings. The molecule has 3 heteroatoms. The van der Waals surface area contributed by atoms with Crippen LogP contribution in [0.3, 0.4) is 0 Å². The molecule has 100 valence electrons. The van der Waals surface area contributed by atoms with Crippen molar-refractivity contribution in [2.45, 2.75) is 0 Å². The lowest BCUT2D eigenvalue weighted by Gasteiger charge is -2.13. The summed E-state index contributed by atoms with van der Waals surface area (Å²) >= 11 is 0. The van der Waals surface area contributed by atoms with Gasteiger partial charge in [0, 0.05) is 11.6 Å². The van der Waals surface area contributed by atoms with Gasteiger partial charge in [-0.25, -0.2) is 0 Å². The summed E-state index contributed by atoms with van der Waals surface area (Å²) in [5.74, 6) is 1.60. The quantitative estimate of drug-likeness (QED) is 0.719. The van der Waals surface area contributed by atoms with Gasteiger partial charge in [-0.15, -0.1) is 0 Å². The highest BCUT2D eigenvalue weighted by atomic mass is 16.5. The Bertz CT molecular complexity index is 731. The fourth-order valence-corrected chi connectivity index (χ4v) is 2.37. The van der Waals surface area contributed by atoms with E-state index in [1.165, 1.54) is 0 Å². The predicted molar refractivity (Wildman–Crippen MR) is 80.3 cm³/mol. The van der Waals surface area contributed by atoms with Crippen LogP contribution in [0.5, 0.6) is 11.5 Å². The van der Waals surface area contributed by atoms with Crippen molar-refractivity contribution >= 4 is 10.9 Å². The van der Waals surface area contributed by atoms with Gasteiger partial charge in [-0.05, 0) is 35.9 Å². The minimum atomic E-state index is 0.799. The average molecular weight is 265 g/mol. The number of hydrogen-bond acceptors (Lipinski definition) is 3. The minimum Gasteiger partial charge on any atom is -0.496 e. The molecule has 0 saturated carbocycles. The van der Waals surface area contributed by atoms with E-state index in [1.807, 2.05) is 42.5 Å². The van der Waals surface area contributed by atoms with Crippen LogP contribution < -0.4 is 9.47 Å². The Morgan fingerprint density at radius 2 is 1.60 bits per heavy atom. The van der Waals surface area contributed by atoms with Crippen LogP contribution in [-0.2, 0) is 0 Å². The Labute approximate surface area is 117 Å². The SMILES string of the molecule is COc1cccc(OC)c1-c1ccc2ncccc2c1. The fraction of sp³-hybridized carbons (Fsp3) is 0.118. The summed E-state index contributed by atoms with van der Waals surface area (Å²) in [5.41, 5.74) is 2.99. The van der Waals surface area contributed by atoms with Gasteiger partial charge in [0.05, 0.1) is 25.3 Å². The standard InChI is InChI=1S/C17H15NO2/c1-19-15-6-3-7-16(20-2)17(15)13-8-9-14-12(11-13)5-4-10-18-14/h3-11H,1-2H3. The van der Waals surface area contributed by atoms with Crippen molar-refractivity contribution in [1.82, 2.24) is 4.98 Å². The van der Waals surface area contributed by atoms with Crippen LogP contribution in [0.25, 0.3) is 22.0 Å². The number of nitrogens with zero attached hydrogens (tertiary/aromatic N) is 1. The van der Waals surface area contributed by atoms with Crippen LogP contribution in [0, 0.1) is 0 Å². The summed E-state index contributed by atoms with van der Waals surface area (Å²) in [6.45, 7) is 0. The van der Waals surface area contributed by atoms with Gasteiger partial charge in [-0.2, -0.15) is 0 Å². The van der Waals surface area contributed by atoms with E-state index >= 15 is 0 Å². The number of methoxy groups -OCH3 is 2. The highest BCUT2D eigenvalue weighted by Crippen LogP contribution is 2.38. The highest BCUT2D eigenvalue weighted by molar-refractivity contribution is 5.87. The van der Waals surface area contributed by atoms with E-state index in [-0.39, 0.29) is 0 Å². The van der Waals surface area contributed by atoms with E-state index < -0.39 is 0 Å². The van der Waals surface area contributed by atoms with Crippen molar-refractivity contribution in [1.29, 1.82) is 0 Å². The molecule has 0 unspecified atom stereocenters. The Hall–Kier alpha value is -2.55. The summed E-state index contributed by atoms with van der Waals surface area (Å²) in [7, 11) is 3.34. The molecule has 1 aromatic heterocycles. The van der Waals surface area contributed by atoms with Gasteiger partial charge in [-0.1, -0.05) is 18.2 Å². The first-order valence-electron chi connectivity index (χ1n) is 6.39. The predicted octanol–water partition coefficient (Wildman–Crippen LogP) is 3.92. The highest BCUT2D eigenvalue weighted by Gasteiger charge is 2.12. The number of ether oxygens (including phenoxy) is 2. The molecule has 3 nitrogen and oxygen atoms in total. The molecule has 3 aromatic rings. The molecule has 0 aliphatic carbocycles. The van der Waals surface area contributed by atoms with Gasteiger partial charge >= 0.3 is 0 Å². The molecule has 2 aromatic carbocycles. The van der Waals surface area contributed by atoms with Gasteiger partial charge in [-0.3, -0.25) is 4.98 Å². The van der Waals surface area contributed by atoms with Gasteiger partial charge in [0.15, 0.2) is 0 Å². The van der Waals surface area contributed by atoms with Crippen molar-refractivity contribution in [3.05, 3.63) is 54.7 Å². The van der Waals surface area contributed by atoms with Crippen LogP contribution >= 0.6 is 0 Å². The van der Waals surface area contributed by atoms with Crippen molar-refractivity contribution < 1.29 is 9.47 Å². The zero-order valence-corrected chi connectivity index (χ0v) is 11.5. The Balaban J connectivity index is 2.24. The smallest absolute Gasteiger partial charge is 0.130 e. The molecular weight excluding hydrogens is 250 g/mol. The lowest BCUT2D eigenvalue weighted by molar-refractivity contribution is 0.397. The van der Waals surface area contributed by atoms with Crippen LogP contribution in [0.4, 0.5) is 0 Å². The Morgan fingerprint density at radius 3 is 2.30 bits per heavy atom. The number of benzene rings is 2. The number of rotatable bonds is 3. The van der Waals surface area contributed by atoms with Gasteiger partial charge in [0.25, 0.3) is 0 Å². The lowest BCUT2D eigenvalue weighted by Crippen LogP contribution is -1.93. The third-order valence-electron chi connectivity index (χ3n) is 3.32. The van der Waals surface area contributed by atoms with E-state index in [2.05, 4.69) is 11.1 Å². The summed E-state index contributed by atoms with van der Waals surface area (Å²) in [5, 5.41) is 1.10. The normalized spacial score (nSPS) is 10.5. The molecule has 0 radical (unpaired) electrons. The summed E-state index contributed by atoms with van der Waals surface area (Å²) in [6.07, 6.45) is 1.80. The van der Waals surface area contributed by atoms with Gasteiger partial charge < -0.3 is 9.47 Å². The van der Waals surface area contributed by atoms with Gasteiger partial charge in [0.1, 0.15) is 11.5 Å². The minimum absolute atomic E-state index is 0.799. The fourth-order valence-electron chi connectivity index (χ4n) is 2.37. The Morgan fingerprint density at radius 1 is 0.850 bits per heavy atom. The average Bonchev–Trinajstić information content (AvgIpc) is 2.53. The van der Waals surface area contributed by atoms with Crippen LogP contribution in [-0.4, -0.2) is 19.2 Å². The second kappa shape index (κ2) is 5.21. The van der Waals surface area contributed by atoms with Crippen LogP contribution in [0.2, 0.25) is 0 Å². The zero-order valence-electron chi connectivity index (χ0n) is 11.5. The molecule has 0 spiro atoms. The van der Waals surface area contributed by atoms with Crippen LogP contribution in [0.15, 0.2) is 54.7 Å². The molecule has 20 heavy (non-hydrogen) atoms. The molecule has 0 saturated heterocycles. The topological polar surface area (TPSA) is 31.4 Å². The second-order valence-electron chi connectivity index (χ2n) is 4.45. The Kier molecular flexibility index (Phi) is 3.25. The van der Waals surface area contributed by atoms with Crippen molar-refractivity contribution in [3.63, 3.8) is 0 Å². The molecule has 3 rings (SSSR count). The largest absolute Gasteiger partial charge is 0.496 e. The first-order valence-corrected chi connectivity index (χ1v) is 6.39. The summed E-state index contributed by atoms with van der Waals surface area (Å²) in [4.78, 5) is 4.34. The molecule has 0 bridgehead atoms. The maximum atomic E-state index is 5.46. The van der Waals surface area contributed by atoms with Crippen molar-refractivity contribution in [2.24, 2.45) is 0 Å². The third-order valence-corrected chi connectivity index (χ3v) is 3.32. The number of hydrogen-bond donors (Lipinski definition) is 0. The molecular formula is C17H15NO2. The molecule has 0 aliphatic heterocycles. The third kappa shape index (κ3) is 2.07. The summed E-state index contributed by atoms with van der Waals surface area (Å²) < 4.78 is 10.9. The van der Waals surface area contributed by atoms with E-state index in [1.54, 1.807) is 20.4 Å². The number of fused-ring (bicyclic) bond motifs is 1. The monoisotopic (exact) mass is 265 g/mol. The van der Waals surface area contributed by atoms with Crippen LogP contribution in [0.1, 0.15) is 0 Å². The van der Waals surface area contributed by atoms with Gasteiger partial charge in [0.2, 0.25) is 0 Å².